The van der Waals surface area contributed by atoms with Crippen LogP contribution in [0.2, 0.25) is 0 Å². The van der Waals surface area contributed by atoms with Crippen LogP contribution in [0.15, 0.2) is 65.6 Å². The van der Waals surface area contributed by atoms with E-state index in [0.29, 0.717) is 16.7 Å². The van der Waals surface area contributed by atoms with Gasteiger partial charge in [-0.25, -0.2) is 9.67 Å². The van der Waals surface area contributed by atoms with Crippen LogP contribution < -0.4 is 10.9 Å². The topological polar surface area (TPSA) is 68.9 Å². The Bertz CT molecular complexity index is 1260. The van der Waals surface area contributed by atoms with Gasteiger partial charge in [0.15, 0.2) is 5.65 Å². The van der Waals surface area contributed by atoms with Gasteiger partial charge in [-0.05, 0) is 61.2 Å². The predicted octanol–water partition coefficient (Wildman–Crippen LogP) is 4.01. The zero-order valence-corrected chi connectivity index (χ0v) is 17.3. The second-order valence-corrected chi connectivity index (χ2v) is 7.38. The Morgan fingerprint density at radius 2 is 1.70 bits per heavy atom. The molecule has 0 radical (unpaired) electrons. The first-order valence-electron chi connectivity index (χ1n) is 10.0. The van der Waals surface area contributed by atoms with Crippen molar-refractivity contribution in [3.05, 3.63) is 87.8 Å². The van der Waals surface area contributed by atoms with Gasteiger partial charge >= 0.3 is 0 Å². The van der Waals surface area contributed by atoms with Crippen LogP contribution in [-0.4, -0.2) is 20.3 Å². The van der Waals surface area contributed by atoms with Crippen molar-refractivity contribution in [3.8, 4) is 5.69 Å². The number of aromatic nitrogens is 3. The van der Waals surface area contributed by atoms with Gasteiger partial charge in [-0.3, -0.25) is 14.3 Å². The Balaban J connectivity index is 1.77. The van der Waals surface area contributed by atoms with E-state index in [1.54, 1.807) is 23.0 Å². The van der Waals surface area contributed by atoms with Gasteiger partial charge < -0.3 is 5.32 Å². The minimum atomic E-state index is -0.214. The minimum absolute atomic E-state index is 0.0287. The molecule has 2 aromatic carbocycles. The number of hydrogen-bond donors (Lipinski definition) is 1. The molecule has 6 nitrogen and oxygen atoms in total. The van der Waals surface area contributed by atoms with Crippen molar-refractivity contribution in [2.45, 2.75) is 33.7 Å². The van der Waals surface area contributed by atoms with E-state index in [1.807, 2.05) is 56.3 Å². The highest BCUT2D eigenvalue weighted by atomic mass is 16.2. The lowest BCUT2D eigenvalue weighted by atomic mass is 10.1. The lowest BCUT2D eigenvalue weighted by molar-refractivity contribution is -0.117. The summed E-state index contributed by atoms with van der Waals surface area (Å²) in [4.78, 5) is 30.5. The molecule has 0 bridgehead atoms. The van der Waals surface area contributed by atoms with Crippen molar-refractivity contribution in [1.29, 1.82) is 0 Å². The maximum Gasteiger partial charge on any atom is 0.280 e. The highest BCUT2D eigenvalue weighted by Gasteiger charge is 2.18. The summed E-state index contributed by atoms with van der Waals surface area (Å²) in [7, 11) is 0. The monoisotopic (exact) mass is 400 g/mol. The molecule has 0 unspecified atom stereocenters. The van der Waals surface area contributed by atoms with Crippen molar-refractivity contribution in [2.24, 2.45) is 0 Å². The molecule has 0 aliphatic rings. The van der Waals surface area contributed by atoms with E-state index in [2.05, 4.69) is 17.2 Å². The molecule has 0 saturated carbocycles. The van der Waals surface area contributed by atoms with Crippen molar-refractivity contribution in [2.75, 3.05) is 5.32 Å². The SMILES string of the molecule is CCc1ccc(-n2c(=O)c3cccnc3n2CC(=O)Nc2c(C)cccc2C)cc1. The van der Waals surface area contributed by atoms with Crippen LogP contribution >= 0.6 is 0 Å². The molecule has 4 aromatic rings. The zero-order valence-electron chi connectivity index (χ0n) is 17.3. The van der Waals surface area contributed by atoms with Crippen LogP contribution in [0, 0.1) is 13.8 Å². The molecule has 2 heterocycles. The molecule has 0 saturated heterocycles. The second kappa shape index (κ2) is 7.99. The molecule has 0 aliphatic heterocycles. The summed E-state index contributed by atoms with van der Waals surface area (Å²) in [5.74, 6) is -0.214. The largest absolute Gasteiger partial charge is 0.324 e. The molecule has 0 atom stereocenters. The summed E-state index contributed by atoms with van der Waals surface area (Å²) in [6.07, 6.45) is 2.55. The smallest absolute Gasteiger partial charge is 0.280 e. The minimum Gasteiger partial charge on any atom is -0.324 e. The highest BCUT2D eigenvalue weighted by Crippen LogP contribution is 2.20. The normalized spacial score (nSPS) is 11.0. The molecule has 0 aliphatic carbocycles. The van der Waals surface area contributed by atoms with Crippen LogP contribution in [0.1, 0.15) is 23.6 Å². The summed E-state index contributed by atoms with van der Waals surface area (Å²) in [5, 5.41) is 3.48. The Morgan fingerprint density at radius 3 is 2.37 bits per heavy atom. The molecule has 0 fully saturated rings. The summed E-state index contributed by atoms with van der Waals surface area (Å²) in [5.41, 5.74) is 4.96. The van der Waals surface area contributed by atoms with Gasteiger partial charge in [-0.1, -0.05) is 37.3 Å². The standard InChI is InChI=1S/C24H24N4O2/c1-4-18-10-12-19(13-11-18)28-24(30)20-9-6-14-25-23(20)27(28)15-21(29)26-22-16(2)7-5-8-17(22)3/h5-14H,4,15H2,1-3H3,(H,26,29). The number of anilines is 1. The van der Waals surface area contributed by atoms with Crippen molar-refractivity contribution in [3.63, 3.8) is 0 Å². The van der Waals surface area contributed by atoms with E-state index < -0.39 is 0 Å². The molecule has 1 amide bonds. The van der Waals surface area contributed by atoms with E-state index in [0.717, 1.165) is 23.2 Å². The predicted molar refractivity (Wildman–Crippen MR) is 119 cm³/mol. The first-order valence-corrected chi connectivity index (χ1v) is 10.0. The molecule has 152 valence electrons. The average Bonchev–Trinajstić information content (AvgIpc) is 3.03. The average molecular weight is 400 g/mol. The van der Waals surface area contributed by atoms with Crippen LogP contribution in [0.25, 0.3) is 16.7 Å². The van der Waals surface area contributed by atoms with Crippen molar-refractivity contribution >= 4 is 22.6 Å². The number of fused-ring (bicyclic) bond motifs is 1. The van der Waals surface area contributed by atoms with Gasteiger partial charge in [0.2, 0.25) is 5.91 Å². The van der Waals surface area contributed by atoms with Crippen molar-refractivity contribution in [1.82, 2.24) is 14.3 Å². The number of carbonyl (C=O) groups is 1. The first kappa shape index (κ1) is 19.6. The summed E-state index contributed by atoms with van der Waals surface area (Å²) in [6.45, 7) is 5.97. The lowest BCUT2D eigenvalue weighted by Crippen LogP contribution is -2.27. The Morgan fingerprint density at radius 1 is 1.00 bits per heavy atom. The fourth-order valence-electron chi connectivity index (χ4n) is 3.69. The van der Waals surface area contributed by atoms with Crippen LogP contribution in [0.3, 0.4) is 0 Å². The zero-order chi connectivity index (χ0) is 21.3. The van der Waals surface area contributed by atoms with E-state index >= 15 is 0 Å². The summed E-state index contributed by atoms with van der Waals surface area (Å²) < 4.78 is 3.17. The second-order valence-electron chi connectivity index (χ2n) is 7.38. The number of carbonyl (C=O) groups excluding carboxylic acids is 1. The van der Waals surface area contributed by atoms with Gasteiger partial charge in [-0.15, -0.1) is 0 Å². The number of amides is 1. The van der Waals surface area contributed by atoms with E-state index in [-0.39, 0.29) is 18.0 Å². The molecule has 30 heavy (non-hydrogen) atoms. The highest BCUT2D eigenvalue weighted by molar-refractivity contribution is 5.93. The van der Waals surface area contributed by atoms with Gasteiger partial charge in [0.05, 0.1) is 11.1 Å². The third-order valence-corrected chi connectivity index (χ3v) is 5.32. The fraction of sp³-hybridized carbons (Fsp3) is 0.208. The number of pyridine rings is 1. The molecule has 6 heteroatoms. The summed E-state index contributed by atoms with van der Waals surface area (Å²) in [6, 6.07) is 17.1. The number of aryl methyl sites for hydroxylation is 3. The molecule has 0 spiro atoms. The third-order valence-electron chi connectivity index (χ3n) is 5.32. The number of para-hydroxylation sites is 1. The number of rotatable bonds is 5. The molecule has 1 N–H and O–H groups in total. The molecule has 4 rings (SSSR count). The van der Waals surface area contributed by atoms with Gasteiger partial charge in [0.1, 0.15) is 6.54 Å². The maximum absolute atomic E-state index is 13.1. The Labute approximate surface area is 174 Å². The third kappa shape index (κ3) is 3.52. The molecular weight excluding hydrogens is 376 g/mol. The quantitative estimate of drug-likeness (QED) is 0.550. The van der Waals surface area contributed by atoms with Gasteiger partial charge in [-0.2, -0.15) is 0 Å². The lowest BCUT2D eigenvalue weighted by Gasteiger charge is -2.15. The van der Waals surface area contributed by atoms with E-state index in [9.17, 15) is 9.59 Å². The molecular formula is C24H24N4O2. The van der Waals surface area contributed by atoms with E-state index in [1.165, 1.54) is 10.2 Å². The van der Waals surface area contributed by atoms with Gasteiger partial charge in [0, 0.05) is 11.9 Å². The Kier molecular flexibility index (Phi) is 5.23. The number of nitrogens with zero attached hydrogens (tertiary/aromatic N) is 3. The van der Waals surface area contributed by atoms with Crippen molar-refractivity contribution < 1.29 is 4.79 Å². The van der Waals surface area contributed by atoms with E-state index in [4.69, 9.17) is 0 Å². The van der Waals surface area contributed by atoms with Crippen LogP contribution in [0.4, 0.5) is 5.69 Å². The summed E-state index contributed by atoms with van der Waals surface area (Å²) >= 11 is 0. The number of nitrogens with one attached hydrogen (secondary N) is 1. The Hall–Kier alpha value is -3.67. The fourth-order valence-corrected chi connectivity index (χ4v) is 3.69. The number of hydrogen-bond acceptors (Lipinski definition) is 3. The van der Waals surface area contributed by atoms with Crippen LogP contribution in [-0.2, 0) is 17.8 Å². The molecule has 2 aromatic heterocycles. The van der Waals surface area contributed by atoms with Gasteiger partial charge in [0.25, 0.3) is 5.56 Å². The van der Waals surface area contributed by atoms with Crippen LogP contribution in [0.5, 0.6) is 0 Å². The maximum atomic E-state index is 13.1. The first-order chi connectivity index (χ1) is 14.5. The number of benzene rings is 2.